The predicted octanol–water partition coefficient (Wildman–Crippen LogP) is 3.36. The quantitative estimate of drug-likeness (QED) is 0.642. The Bertz CT molecular complexity index is 155. The molecule has 0 spiro atoms. The molecule has 16 heavy (non-hydrogen) atoms. The lowest BCUT2D eigenvalue weighted by Crippen LogP contribution is -2.30. The molecule has 1 fully saturated rings. The van der Waals surface area contributed by atoms with Gasteiger partial charge in [0.2, 0.25) is 0 Å². The Morgan fingerprint density at radius 3 is 2.56 bits per heavy atom. The van der Waals surface area contributed by atoms with Crippen molar-refractivity contribution in [3.05, 3.63) is 0 Å². The highest BCUT2D eigenvalue weighted by molar-refractivity contribution is 4.73. The second-order valence-corrected chi connectivity index (χ2v) is 5.13. The van der Waals surface area contributed by atoms with E-state index >= 15 is 0 Å². The minimum Gasteiger partial charge on any atom is -0.381 e. The molecule has 1 saturated carbocycles. The zero-order valence-electron chi connectivity index (χ0n) is 11.1. The second-order valence-electron chi connectivity index (χ2n) is 5.13. The van der Waals surface area contributed by atoms with Gasteiger partial charge in [-0.25, -0.2) is 0 Å². The summed E-state index contributed by atoms with van der Waals surface area (Å²) in [5.41, 5.74) is 0. The second kappa shape index (κ2) is 9.00. The molecule has 0 amide bonds. The molecule has 1 rings (SSSR count). The van der Waals surface area contributed by atoms with Crippen LogP contribution in [-0.2, 0) is 4.74 Å². The van der Waals surface area contributed by atoms with Crippen molar-refractivity contribution < 1.29 is 4.74 Å². The Balaban J connectivity index is 2.09. The third kappa shape index (κ3) is 5.86. The van der Waals surface area contributed by atoms with Crippen LogP contribution >= 0.6 is 0 Å². The molecule has 0 radical (unpaired) electrons. The van der Waals surface area contributed by atoms with Crippen LogP contribution in [0.25, 0.3) is 0 Å². The lowest BCUT2D eigenvalue weighted by atomic mass is 9.84. The molecule has 96 valence electrons. The summed E-state index contributed by atoms with van der Waals surface area (Å²) < 4.78 is 5.56. The molecule has 0 heterocycles. The van der Waals surface area contributed by atoms with E-state index in [4.69, 9.17) is 4.74 Å². The van der Waals surface area contributed by atoms with E-state index in [0.29, 0.717) is 6.04 Å². The van der Waals surface area contributed by atoms with Crippen LogP contribution in [0.3, 0.4) is 0 Å². The molecule has 2 nitrogen and oxygen atoms in total. The summed E-state index contributed by atoms with van der Waals surface area (Å²) in [4.78, 5) is 0. The van der Waals surface area contributed by atoms with Gasteiger partial charge >= 0.3 is 0 Å². The number of hydrogen-bond acceptors (Lipinski definition) is 2. The number of rotatable bonds is 8. The minimum atomic E-state index is 0.667. The fourth-order valence-electron chi connectivity index (χ4n) is 2.68. The first-order chi connectivity index (χ1) is 7.86. The van der Waals surface area contributed by atoms with Gasteiger partial charge in [0, 0.05) is 19.3 Å². The molecule has 1 atom stereocenters. The summed E-state index contributed by atoms with van der Waals surface area (Å²) >= 11 is 0. The highest BCUT2D eigenvalue weighted by Gasteiger charge is 2.17. The van der Waals surface area contributed by atoms with Crippen molar-refractivity contribution in [2.45, 2.75) is 64.3 Å². The summed E-state index contributed by atoms with van der Waals surface area (Å²) in [6, 6.07) is 0.667. The third-order valence-corrected chi connectivity index (χ3v) is 3.71. The molecule has 1 N–H and O–H groups in total. The van der Waals surface area contributed by atoms with Gasteiger partial charge in [0.1, 0.15) is 0 Å². The van der Waals surface area contributed by atoms with Gasteiger partial charge in [-0.1, -0.05) is 39.0 Å². The van der Waals surface area contributed by atoms with Crippen LogP contribution in [0.1, 0.15) is 58.3 Å². The fraction of sp³-hybridized carbons (Fsp3) is 1.00. The first kappa shape index (κ1) is 14.0. The zero-order valence-corrected chi connectivity index (χ0v) is 11.1. The van der Waals surface area contributed by atoms with Crippen LogP contribution in [0.2, 0.25) is 0 Å². The topological polar surface area (TPSA) is 21.3 Å². The van der Waals surface area contributed by atoms with E-state index in [-0.39, 0.29) is 0 Å². The van der Waals surface area contributed by atoms with Crippen LogP contribution in [0, 0.1) is 5.92 Å². The van der Waals surface area contributed by atoms with E-state index in [0.717, 1.165) is 25.6 Å². The predicted molar refractivity (Wildman–Crippen MR) is 69.8 cm³/mol. The first-order valence-corrected chi connectivity index (χ1v) is 7.11. The van der Waals surface area contributed by atoms with E-state index in [2.05, 4.69) is 19.3 Å². The SMILES string of the molecule is CCCOCCC(CC1CCCCC1)NC. The molecular weight excluding hydrogens is 198 g/mol. The van der Waals surface area contributed by atoms with Gasteiger partial charge in [-0.15, -0.1) is 0 Å². The highest BCUT2D eigenvalue weighted by Crippen LogP contribution is 2.27. The van der Waals surface area contributed by atoms with Crippen LogP contribution < -0.4 is 5.32 Å². The highest BCUT2D eigenvalue weighted by atomic mass is 16.5. The molecule has 0 aromatic rings. The molecular formula is C14H29NO. The average molecular weight is 227 g/mol. The van der Waals surface area contributed by atoms with Crippen LogP contribution in [0.4, 0.5) is 0 Å². The van der Waals surface area contributed by atoms with Crippen molar-refractivity contribution in [1.29, 1.82) is 0 Å². The molecule has 0 aromatic heterocycles. The van der Waals surface area contributed by atoms with Crippen molar-refractivity contribution in [1.82, 2.24) is 5.32 Å². The Labute approximate surface area is 101 Å². The van der Waals surface area contributed by atoms with Crippen molar-refractivity contribution in [3.8, 4) is 0 Å². The third-order valence-electron chi connectivity index (χ3n) is 3.71. The number of hydrogen-bond donors (Lipinski definition) is 1. The number of ether oxygens (including phenoxy) is 1. The molecule has 0 saturated heterocycles. The van der Waals surface area contributed by atoms with Crippen molar-refractivity contribution in [3.63, 3.8) is 0 Å². The van der Waals surface area contributed by atoms with Gasteiger partial charge in [0.25, 0.3) is 0 Å². The molecule has 1 unspecified atom stereocenters. The van der Waals surface area contributed by atoms with Crippen LogP contribution in [0.15, 0.2) is 0 Å². The van der Waals surface area contributed by atoms with E-state index in [1.165, 1.54) is 44.9 Å². The summed E-state index contributed by atoms with van der Waals surface area (Å²) in [7, 11) is 2.09. The first-order valence-electron chi connectivity index (χ1n) is 7.11. The van der Waals surface area contributed by atoms with Gasteiger partial charge < -0.3 is 10.1 Å². The summed E-state index contributed by atoms with van der Waals surface area (Å²) in [6.07, 6.45) is 10.9. The van der Waals surface area contributed by atoms with Gasteiger partial charge in [0.15, 0.2) is 0 Å². The van der Waals surface area contributed by atoms with Crippen LogP contribution in [0.5, 0.6) is 0 Å². The minimum absolute atomic E-state index is 0.667. The fourth-order valence-corrected chi connectivity index (χ4v) is 2.68. The normalized spacial score (nSPS) is 19.9. The molecule has 1 aliphatic rings. The molecule has 0 aliphatic heterocycles. The maximum Gasteiger partial charge on any atom is 0.0480 e. The molecule has 0 aromatic carbocycles. The van der Waals surface area contributed by atoms with Crippen molar-refractivity contribution >= 4 is 0 Å². The standard InChI is InChI=1S/C14H29NO/c1-3-10-16-11-9-14(15-2)12-13-7-5-4-6-8-13/h13-15H,3-12H2,1-2H3. The average Bonchev–Trinajstić information content (AvgIpc) is 2.34. The largest absolute Gasteiger partial charge is 0.381 e. The van der Waals surface area contributed by atoms with E-state index in [1.54, 1.807) is 0 Å². The maximum atomic E-state index is 5.56. The van der Waals surface area contributed by atoms with Crippen LogP contribution in [-0.4, -0.2) is 26.3 Å². The Morgan fingerprint density at radius 2 is 1.94 bits per heavy atom. The van der Waals surface area contributed by atoms with Gasteiger partial charge in [-0.05, 0) is 32.2 Å². The maximum absolute atomic E-state index is 5.56. The summed E-state index contributed by atoms with van der Waals surface area (Å²) in [5.74, 6) is 0.970. The van der Waals surface area contributed by atoms with Gasteiger partial charge in [-0.2, -0.15) is 0 Å². The molecule has 1 aliphatic carbocycles. The Kier molecular flexibility index (Phi) is 7.87. The number of nitrogens with one attached hydrogen (secondary N) is 1. The van der Waals surface area contributed by atoms with E-state index in [1.807, 2.05) is 0 Å². The lowest BCUT2D eigenvalue weighted by molar-refractivity contribution is 0.121. The smallest absolute Gasteiger partial charge is 0.0480 e. The van der Waals surface area contributed by atoms with E-state index < -0.39 is 0 Å². The monoisotopic (exact) mass is 227 g/mol. The van der Waals surface area contributed by atoms with E-state index in [9.17, 15) is 0 Å². The molecule has 2 heteroatoms. The Morgan fingerprint density at radius 1 is 1.19 bits per heavy atom. The zero-order chi connectivity index (χ0) is 11.6. The molecule has 0 bridgehead atoms. The Hall–Kier alpha value is -0.0800. The van der Waals surface area contributed by atoms with Gasteiger partial charge in [0.05, 0.1) is 0 Å². The van der Waals surface area contributed by atoms with Crippen molar-refractivity contribution in [2.24, 2.45) is 5.92 Å². The summed E-state index contributed by atoms with van der Waals surface area (Å²) in [6.45, 7) is 4.00. The summed E-state index contributed by atoms with van der Waals surface area (Å²) in [5, 5.41) is 3.45. The van der Waals surface area contributed by atoms with Crippen molar-refractivity contribution in [2.75, 3.05) is 20.3 Å². The van der Waals surface area contributed by atoms with Gasteiger partial charge in [-0.3, -0.25) is 0 Å². The lowest BCUT2D eigenvalue weighted by Gasteiger charge is -2.26.